The second-order valence-electron chi connectivity index (χ2n) is 6.70. The van der Waals surface area contributed by atoms with Crippen LogP contribution in [-0.4, -0.2) is 27.6 Å². The molecule has 0 amide bonds. The average Bonchev–Trinajstić information content (AvgIpc) is 3.24. The highest BCUT2D eigenvalue weighted by Crippen LogP contribution is 2.35. The fourth-order valence-electron chi connectivity index (χ4n) is 2.98. The average molecular weight is 454 g/mol. The van der Waals surface area contributed by atoms with Crippen LogP contribution in [0.15, 0.2) is 87.1 Å². The third kappa shape index (κ3) is 4.28. The number of rotatable bonds is 7. The summed E-state index contributed by atoms with van der Waals surface area (Å²) in [7, 11) is -1.04. The second kappa shape index (κ2) is 8.72. The fourth-order valence-corrected chi connectivity index (χ4v) is 4.24. The standard InChI is InChI=1S/C23H19FN2O5S/c1-29-18-10-6-15(7-11-18)21-26-23(32(27,28)20-12-8-16(24)9-13-20)22(31-21)25-17-4-3-5-19(14-17)30-2/h3-14,25H,1-2H3. The maximum Gasteiger partial charge on any atom is 0.238 e. The molecule has 9 heteroatoms. The number of nitrogens with one attached hydrogen (secondary N) is 1. The van der Waals surface area contributed by atoms with Gasteiger partial charge in [-0.2, -0.15) is 4.98 Å². The first-order valence-electron chi connectivity index (χ1n) is 9.47. The minimum Gasteiger partial charge on any atom is -0.497 e. The van der Waals surface area contributed by atoms with Crippen molar-refractivity contribution in [3.05, 3.63) is 78.6 Å². The summed E-state index contributed by atoms with van der Waals surface area (Å²) < 4.78 is 56.1. The lowest BCUT2D eigenvalue weighted by Crippen LogP contribution is -2.05. The van der Waals surface area contributed by atoms with Crippen LogP contribution in [0, 0.1) is 5.82 Å². The summed E-state index contributed by atoms with van der Waals surface area (Å²) in [6.45, 7) is 0. The van der Waals surface area contributed by atoms with E-state index >= 15 is 0 Å². The lowest BCUT2D eigenvalue weighted by atomic mass is 10.2. The Labute approximate surface area is 184 Å². The number of anilines is 2. The van der Waals surface area contributed by atoms with E-state index in [4.69, 9.17) is 13.9 Å². The summed E-state index contributed by atoms with van der Waals surface area (Å²) in [5.74, 6) is 0.687. The van der Waals surface area contributed by atoms with Gasteiger partial charge in [0, 0.05) is 17.3 Å². The quantitative estimate of drug-likeness (QED) is 0.390. The number of oxazole rings is 1. The summed E-state index contributed by atoms with van der Waals surface area (Å²) in [6, 6.07) is 18.3. The van der Waals surface area contributed by atoms with Crippen molar-refractivity contribution in [3.63, 3.8) is 0 Å². The van der Waals surface area contributed by atoms with Gasteiger partial charge in [-0.25, -0.2) is 12.8 Å². The number of benzene rings is 3. The molecule has 1 N–H and O–H groups in total. The van der Waals surface area contributed by atoms with Crippen molar-refractivity contribution in [2.45, 2.75) is 9.92 Å². The van der Waals surface area contributed by atoms with Crippen molar-refractivity contribution < 1.29 is 26.7 Å². The number of nitrogens with zero attached hydrogens (tertiary/aromatic N) is 1. The van der Waals surface area contributed by atoms with E-state index in [1.54, 1.807) is 55.6 Å². The highest BCUT2D eigenvalue weighted by Gasteiger charge is 2.29. The van der Waals surface area contributed by atoms with Gasteiger partial charge in [0.15, 0.2) is 0 Å². The Hall–Kier alpha value is -3.85. The highest BCUT2D eigenvalue weighted by molar-refractivity contribution is 7.91. The van der Waals surface area contributed by atoms with Crippen molar-refractivity contribution in [1.29, 1.82) is 0 Å². The summed E-state index contributed by atoms with van der Waals surface area (Å²) in [5, 5.41) is 2.64. The minimum atomic E-state index is -4.11. The van der Waals surface area contributed by atoms with E-state index in [9.17, 15) is 12.8 Å². The lowest BCUT2D eigenvalue weighted by molar-refractivity contribution is 0.415. The maximum absolute atomic E-state index is 13.3. The van der Waals surface area contributed by atoms with E-state index in [2.05, 4.69) is 10.3 Å². The Balaban J connectivity index is 1.82. The van der Waals surface area contributed by atoms with Crippen molar-refractivity contribution in [2.75, 3.05) is 19.5 Å². The molecule has 3 aromatic carbocycles. The lowest BCUT2D eigenvalue weighted by Gasteiger charge is -2.07. The number of sulfone groups is 1. The van der Waals surface area contributed by atoms with Gasteiger partial charge in [0.1, 0.15) is 17.3 Å². The molecular formula is C23H19FN2O5S. The summed E-state index contributed by atoms with van der Waals surface area (Å²) in [4.78, 5) is 4.15. The normalized spacial score (nSPS) is 11.2. The van der Waals surface area contributed by atoms with Crippen LogP contribution in [0.3, 0.4) is 0 Å². The largest absolute Gasteiger partial charge is 0.497 e. The van der Waals surface area contributed by atoms with Crippen LogP contribution < -0.4 is 14.8 Å². The van der Waals surface area contributed by atoms with E-state index < -0.39 is 15.7 Å². The summed E-state index contributed by atoms with van der Waals surface area (Å²) in [5.41, 5.74) is 1.09. The van der Waals surface area contributed by atoms with Gasteiger partial charge in [-0.05, 0) is 60.7 Å². The monoisotopic (exact) mass is 454 g/mol. The molecule has 1 heterocycles. The van der Waals surface area contributed by atoms with E-state index in [0.29, 0.717) is 22.7 Å². The number of methoxy groups -OCH3 is 2. The van der Waals surface area contributed by atoms with Crippen molar-refractivity contribution in [1.82, 2.24) is 4.98 Å². The molecule has 0 saturated heterocycles. The van der Waals surface area contributed by atoms with Gasteiger partial charge in [-0.15, -0.1) is 0 Å². The smallest absolute Gasteiger partial charge is 0.238 e. The molecule has 0 spiro atoms. The second-order valence-corrected chi connectivity index (χ2v) is 8.56. The van der Waals surface area contributed by atoms with Crippen LogP contribution >= 0.6 is 0 Å². The first-order valence-corrected chi connectivity index (χ1v) is 11.0. The predicted octanol–water partition coefficient (Wildman–Crippen LogP) is 5.07. The van der Waals surface area contributed by atoms with Crippen LogP contribution in [0.1, 0.15) is 0 Å². The molecule has 164 valence electrons. The van der Waals surface area contributed by atoms with Crippen molar-refractivity contribution in [2.24, 2.45) is 0 Å². The summed E-state index contributed by atoms with van der Waals surface area (Å²) >= 11 is 0. The van der Waals surface area contributed by atoms with Gasteiger partial charge in [0.25, 0.3) is 0 Å². The SMILES string of the molecule is COc1ccc(-c2nc(S(=O)(=O)c3ccc(F)cc3)c(Nc3cccc(OC)c3)o2)cc1. The molecule has 7 nitrogen and oxygen atoms in total. The van der Waals surface area contributed by atoms with Crippen LogP contribution in [-0.2, 0) is 9.84 Å². The third-order valence-corrected chi connectivity index (χ3v) is 6.32. The van der Waals surface area contributed by atoms with Crippen molar-refractivity contribution >= 4 is 21.4 Å². The summed E-state index contributed by atoms with van der Waals surface area (Å²) in [6.07, 6.45) is 0. The van der Waals surface area contributed by atoms with E-state index in [1.165, 1.54) is 19.2 Å². The molecule has 1 aromatic heterocycles. The zero-order valence-corrected chi connectivity index (χ0v) is 18.0. The zero-order valence-electron chi connectivity index (χ0n) is 17.2. The Kier molecular flexibility index (Phi) is 5.83. The number of ether oxygens (including phenoxy) is 2. The third-order valence-electron chi connectivity index (χ3n) is 4.64. The molecule has 32 heavy (non-hydrogen) atoms. The van der Waals surface area contributed by atoms with Gasteiger partial charge >= 0.3 is 0 Å². The fraction of sp³-hybridized carbons (Fsp3) is 0.0870. The Morgan fingerprint density at radius 2 is 1.59 bits per heavy atom. The van der Waals surface area contributed by atoms with Gasteiger partial charge in [0.05, 0.1) is 19.1 Å². The van der Waals surface area contributed by atoms with E-state index in [-0.39, 0.29) is 21.7 Å². The minimum absolute atomic E-state index is 0.0756. The van der Waals surface area contributed by atoms with Crippen LogP contribution in [0.25, 0.3) is 11.5 Å². The number of hydrogen-bond acceptors (Lipinski definition) is 7. The molecule has 0 bridgehead atoms. The van der Waals surface area contributed by atoms with E-state index in [1.807, 2.05) is 0 Å². The maximum atomic E-state index is 13.3. The molecule has 0 fully saturated rings. The molecule has 4 rings (SSSR count). The number of hydrogen-bond donors (Lipinski definition) is 1. The molecule has 0 saturated carbocycles. The topological polar surface area (TPSA) is 90.7 Å². The zero-order chi connectivity index (χ0) is 22.7. The molecule has 0 aliphatic heterocycles. The van der Waals surface area contributed by atoms with Gasteiger partial charge in [-0.3, -0.25) is 0 Å². The molecule has 0 unspecified atom stereocenters. The molecular weight excluding hydrogens is 435 g/mol. The molecule has 0 radical (unpaired) electrons. The molecule has 0 atom stereocenters. The number of aromatic nitrogens is 1. The first-order chi connectivity index (χ1) is 15.4. The molecule has 0 aliphatic carbocycles. The Bertz CT molecular complexity index is 1330. The van der Waals surface area contributed by atoms with Crippen molar-refractivity contribution in [3.8, 4) is 23.0 Å². The van der Waals surface area contributed by atoms with E-state index in [0.717, 1.165) is 12.1 Å². The predicted molar refractivity (Wildman–Crippen MR) is 117 cm³/mol. The van der Waals surface area contributed by atoms with Crippen LogP contribution in [0.2, 0.25) is 0 Å². The highest BCUT2D eigenvalue weighted by atomic mass is 32.2. The van der Waals surface area contributed by atoms with Gasteiger partial charge in [-0.1, -0.05) is 6.07 Å². The van der Waals surface area contributed by atoms with Crippen LogP contribution in [0.5, 0.6) is 11.5 Å². The molecule has 0 aliphatic rings. The van der Waals surface area contributed by atoms with Crippen LogP contribution in [0.4, 0.5) is 16.0 Å². The van der Waals surface area contributed by atoms with Gasteiger partial charge in [0.2, 0.25) is 26.6 Å². The first kappa shape index (κ1) is 21.4. The van der Waals surface area contributed by atoms with Gasteiger partial charge < -0.3 is 19.2 Å². The number of halogens is 1. The Morgan fingerprint density at radius 3 is 2.25 bits per heavy atom. The molecule has 4 aromatic rings. The Morgan fingerprint density at radius 1 is 0.906 bits per heavy atom.